The summed E-state index contributed by atoms with van der Waals surface area (Å²) in [7, 11) is 0. The van der Waals surface area contributed by atoms with Crippen molar-refractivity contribution in [3.63, 3.8) is 0 Å². The highest BCUT2D eigenvalue weighted by atomic mass is 16.2. The molecular weight excluding hydrogens is 322 g/mol. The van der Waals surface area contributed by atoms with Crippen molar-refractivity contribution in [2.45, 2.75) is 50.1 Å². The van der Waals surface area contributed by atoms with Gasteiger partial charge in [-0.1, -0.05) is 6.07 Å². The summed E-state index contributed by atoms with van der Waals surface area (Å²) in [6.07, 6.45) is 3.98. The zero-order valence-electron chi connectivity index (χ0n) is 13.7. The maximum absolute atomic E-state index is 12.5. The Balaban J connectivity index is 1.43. The molecule has 0 aromatic heterocycles. The Bertz CT molecular complexity index is 796. The zero-order valence-corrected chi connectivity index (χ0v) is 13.7. The Hall–Kier alpha value is -2.70. The second-order valence-electron chi connectivity index (χ2n) is 7.07. The first-order valence-electron chi connectivity index (χ1n) is 8.57. The van der Waals surface area contributed by atoms with Gasteiger partial charge in [-0.15, -0.1) is 0 Å². The molecule has 1 aromatic carbocycles. The molecule has 1 aliphatic heterocycles. The molecule has 1 saturated carbocycles. The highest BCUT2D eigenvalue weighted by molar-refractivity contribution is 6.08. The molecule has 3 aliphatic rings. The van der Waals surface area contributed by atoms with E-state index in [0.717, 1.165) is 30.4 Å². The van der Waals surface area contributed by atoms with Gasteiger partial charge in [0.2, 0.25) is 0 Å². The topological polar surface area (TPSA) is 104 Å². The van der Waals surface area contributed by atoms with Crippen LogP contribution in [0.4, 0.5) is 4.79 Å². The maximum atomic E-state index is 12.5. The second-order valence-corrected chi connectivity index (χ2v) is 7.07. The predicted molar refractivity (Wildman–Crippen MR) is 88.2 cm³/mol. The average molecular weight is 341 g/mol. The molecule has 3 N–H and O–H groups in total. The molecular formula is C18H19N3O4. The van der Waals surface area contributed by atoms with Gasteiger partial charge in [0.1, 0.15) is 5.54 Å². The molecule has 0 radical (unpaired) electrons. The monoisotopic (exact) mass is 341 g/mol. The van der Waals surface area contributed by atoms with Gasteiger partial charge >= 0.3 is 6.03 Å². The highest BCUT2D eigenvalue weighted by Crippen LogP contribution is 2.35. The number of benzene rings is 1. The first-order valence-corrected chi connectivity index (χ1v) is 8.57. The Morgan fingerprint density at radius 3 is 2.60 bits per heavy atom. The minimum absolute atomic E-state index is 0.142. The van der Waals surface area contributed by atoms with Gasteiger partial charge in [0.25, 0.3) is 11.8 Å². The third-order valence-electron chi connectivity index (χ3n) is 5.31. The van der Waals surface area contributed by atoms with Crippen LogP contribution >= 0.6 is 0 Å². The molecule has 1 aromatic rings. The molecule has 1 spiro atoms. The molecule has 4 amide bonds. The van der Waals surface area contributed by atoms with Crippen molar-refractivity contribution in [2.24, 2.45) is 0 Å². The van der Waals surface area contributed by atoms with Gasteiger partial charge in [0.05, 0.1) is 0 Å². The number of hydrogen-bond acceptors (Lipinski definition) is 4. The number of nitrogens with one attached hydrogen (secondary N) is 3. The van der Waals surface area contributed by atoms with E-state index >= 15 is 0 Å². The SMILES string of the molecule is O=C1NC(=O)C2(CC(NC(=O)c3ccc4c(c3)CCCCC4=O)C2)N1. The number of Topliss-reactive ketones (excluding diaryl/α,β-unsaturated/α-hetero) is 1. The summed E-state index contributed by atoms with van der Waals surface area (Å²) < 4.78 is 0. The van der Waals surface area contributed by atoms with Crippen molar-refractivity contribution >= 4 is 23.6 Å². The van der Waals surface area contributed by atoms with E-state index < -0.39 is 11.6 Å². The van der Waals surface area contributed by atoms with E-state index in [4.69, 9.17) is 0 Å². The highest BCUT2D eigenvalue weighted by Gasteiger charge is 2.55. The number of imide groups is 1. The molecule has 0 atom stereocenters. The van der Waals surface area contributed by atoms with E-state index in [0.29, 0.717) is 24.8 Å². The molecule has 7 heteroatoms. The van der Waals surface area contributed by atoms with Crippen LogP contribution in [0.1, 0.15) is 58.4 Å². The lowest BCUT2D eigenvalue weighted by molar-refractivity contribution is -0.127. The summed E-state index contributed by atoms with van der Waals surface area (Å²) in [4.78, 5) is 47.5. The molecule has 4 rings (SSSR count). The second kappa shape index (κ2) is 5.68. The number of hydrogen-bond donors (Lipinski definition) is 3. The fourth-order valence-corrected chi connectivity index (χ4v) is 3.92. The van der Waals surface area contributed by atoms with Gasteiger partial charge in [0, 0.05) is 23.6 Å². The number of fused-ring (bicyclic) bond motifs is 1. The predicted octanol–water partition coefficient (Wildman–Crippen LogP) is 1.07. The first-order chi connectivity index (χ1) is 12.0. The average Bonchev–Trinajstić information content (AvgIpc) is 2.73. The fourth-order valence-electron chi connectivity index (χ4n) is 3.92. The standard InChI is InChI=1S/C18H19N3O4/c22-14-4-2-1-3-10-7-11(5-6-13(10)14)15(23)19-12-8-18(9-12)16(24)20-17(25)21-18/h5-7,12H,1-4,8-9H2,(H,19,23)(H2,20,21,24,25). The molecule has 130 valence electrons. The summed E-state index contributed by atoms with van der Waals surface area (Å²) in [5.74, 6) is -0.404. The minimum Gasteiger partial charge on any atom is -0.349 e. The summed E-state index contributed by atoms with van der Waals surface area (Å²) in [5, 5.41) is 7.75. The molecule has 0 unspecified atom stereocenters. The van der Waals surface area contributed by atoms with E-state index in [1.54, 1.807) is 18.2 Å². The van der Waals surface area contributed by atoms with Gasteiger partial charge in [-0.05, 0) is 49.8 Å². The number of urea groups is 1. The quantitative estimate of drug-likeness (QED) is 0.553. The van der Waals surface area contributed by atoms with Crippen molar-refractivity contribution in [2.75, 3.05) is 0 Å². The Kier molecular flexibility index (Phi) is 3.59. The van der Waals surface area contributed by atoms with E-state index in [9.17, 15) is 19.2 Å². The van der Waals surface area contributed by atoms with Crippen LogP contribution in [0.2, 0.25) is 0 Å². The molecule has 25 heavy (non-hydrogen) atoms. The number of rotatable bonds is 2. The van der Waals surface area contributed by atoms with Gasteiger partial charge in [0.15, 0.2) is 5.78 Å². The van der Waals surface area contributed by atoms with Crippen LogP contribution in [0.15, 0.2) is 18.2 Å². The normalized spacial score (nSPS) is 27.8. The Morgan fingerprint density at radius 1 is 1.12 bits per heavy atom. The van der Waals surface area contributed by atoms with E-state index in [1.807, 2.05) is 0 Å². The lowest BCUT2D eigenvalue weighted by atomic mass is 9.72. The van der Waals surface area contributed by atoms with Crippen molar-refractivity contribution < 1.29 is 19.2 Å². The van der Waals surface area contributed by atoms with Crippen molar-refractivity contribution in [1.82, 2.24) is 16.0 Å². The first kappa shape index (κ1) is 15.8. The van der Waals surface area contributed by atoms with E-state index in [-0.39, 0.29) is 23.6 Å². The summed E-state index contributed by atoms with van der Waals surface area (Å²) in [6, 6.07) is 4.58. The lowest BCUT2D eigenvalue weighted by Gasteiger charge is -2.42. The minimum atomic E-state index is -0.866. The van der Waals surface area contributed by atoms with Gasteiger partial charge in [-0.2, -0.15) is 0 Å². The van der Waals surface area contributed by atoms with Crippen molar-refractivity contribution in [1.29, 1.82) is 0 Å². The summed E-state index contributed by atoms with van der Waals surface area (Å²) in [6.45, 7) is 0. The van der Waals surface area contributed by atoms with E-state index in [1.165, 1.54) is 0 Å². The maximum Gasteiger partial charge on any atom is 0.322 e. The molecule has 7 nitrogen and oxygen atoms in total. The number of aryl methyl sites for hydroxylation is 1. The summed E-state index contributed by atoms with van der Waals surface area (Å²) >= 11 is 0. The molecule has 1 heterocycles. The van der Waals surface area contributed by atoms with Crippen LogP contribution in [0.3, 0.4) is 0 Å². The summed E-state index contributed by atoms with van der Waals surface area (Å²) in [5.41, 5.74) is 1.31. The van der Waals surface area contributed by atoms with Crippen molar-refractivity contribution in [3.05, 3.63) is 34.9 Å². The lowest BCUT2D eigenvalue weighted by Crippen LogP contribution is -2.63. The Morgan fingerprint density at radius 2 is 1.88 bits per heavy atom. The van der Waals surface area contributed by atoms with Crippen LogP contribution < -0.4 is 16.0 Å². The van der Waals surface area contributed by atoms with Gasteiger partial charge in [-0.3, -0.25) is 19.7 Å². The number of ketones is 1. The molecule has 1 saturated heterocycles. The third-order valence-corrected chi connectivity index (χ3v) is 5.31. The number of carbonyl (C=O) groups excluding carboxylic acids is 4. The molecule has 2 fully saturated rings. The van der Waals surface area contributed by atoms with Crippen LogP contribution in [-0.2, 0) is 11.2 Å². The fraction of sp³-hybridized carbons (Fsp3) is 0.444. The molecule has 0 bridgehead atoms. The van der Waals surface area contributed by atoms with E-state index in [2.05, 4.69) is 16.0 Å². The van der Waals surface area contributed by atoms with Gasteiger partial charge < -0.3 is 10.6 Å². The largest absolute Gasteiger partial charge is 0.349 e. The molecule has 2 aliphatic carbocycles. The van der Waals surface area contributed by atoms with Gasteiger partial charge in [-0.25, -0.2) is 4.79 Å². The van der Waals surface area contributed by atoms with Crippen LogP contribution in [0.5, 0.6) is 0 Å². The smallest absolute Gasteiger partial charge is 0.322 e. The van der Waals surface area contributed by atoms with Crippen LogP contribution in [-0.4, -0.2) is 35.2 Å². The number of amides is 4. The van der Waals surface area contributed by atoms with Crippen molar-refractivity contribution in [3.8, 4) is 0 Å². The van der Waals surface area contributed by atoms with Crippen LogP contribution in [0.25, 0.3) is 0 Å². The zero-order chi connectivity index (χ0) is 17.6. The Labute approximate surface area is 144 Å². The third kappa shape index (κ3) is 2.69. The van der Waals surface area contributed by atoms with Crippen LogP contribution in [0, 0.1) is 0 Å². The number of carbonyl (C=O) groups is 4.